The number of hydrogen-bond donors (Lipinski definition) is 1. The third-order valence-corrected chi connectivity index (χ3v) is 3.86. The van der Waals surface area contributed by atoms with Gasteiger partial charge in [-0.05, 0) is 42.5 Å². The van der Waals surface area contributed by atoms with Crippen LogP contribution in [0.1, 0.15) is 17.3 Å². The fourth-order valence-corrected chi connectivity index (χ4v) is 2.41. The molecule has 0 aliphatic heterocycles. The van der Waals surface area contributed by atoms with Gasteiger partial charge in [0.2, 0.25) is 5.91 Å². The molecule has 2 aromatic carbocycles. The van der Waals surface area contributed by atoms with E-state index in [9.17, 15) is 14.0 Å². The summed E-state index contributed by atoms with van der Waals surface area (Å²) >= 11 is 11.5. The summed E-state index contributed by atoms with van der Waals surface area (Å²) in [4.78, 5) is 25.2. The maximum absolute atomic E-state index is 13.2. The first-order valence-corrected chi connectivity index (χ1v) is 7.91. The minimum absolute atomic E-state index is 0.0658. The predicted molar refractivity (Wildman–Crippen MR) is 93.2 cm³/mol. The Morgan fingerprint density at radius 2 is 1.79 bits per heavy atom. The zero-order valence-corrected chi connectivity index (χ0v) is 14.4. The van der Waals surface area contributed by atoms with Crippen molar-refractivity contribution in [3.05, 3.63) is 63.9 Å². The molecule has 0 heterocycles. The van der Waals surface area contributed by atoms with Crippen molar-refractivity contribution in [2.45, 2.75) is 6.92 Å². The molecule has 0 spiro atoms. The molecule has 0 bridgehead atoms. The Hall–Kier alpha value is -2.11. The first-order valence-electron chi connectivity index (χ1n) is 7.15. The highest BCUT2D eigenvalue weighted by atomic mass is 35.5. The number of carbonyl (C=O) groups excluding carboxylic acids is 2. The first kappa shape index (κ1) is 18.2. The average molecular weight is 369 g/mol. The zero-order chi connectivity index (χ0) is 17.7. The Balaban J connectivity index is 1.99. The number of amides is 2. The minimum atomic E-state index is -0.556. The van der Waals surface area contributed by atoms with E-state index in [1.165, 1.54) is 30.0 Å². The second-order valence-corrected chi connectivity index (χ2v) is 5.88. The number of rotatable bonds is 5. The molecule has 2 aromatic rings. The normalized spacial score (nSPS) is 10.3. The molecule has 7 heteroatoms. The summed E-state index contributed by atoms with van der Waals surface area (Å²) in [6.07, 6.45) is 0. The van der Waals surface area contributed by atoms with E-state index in [0.29, 0.717) is 16.3 Å². The van der Waals surface area contributed by atoms with Crippen LogP contribution in [0.4, 0.5) is 10.1 Å². The van der Waals surface area contributed by atoms with Gasteiger partial charge in [-0.3, -0.25) is 9.59 Å². The molecule has 2 rings (SSSR count). The second kappa shape index (κ2) is 8.13. The van der Waals surface area contributed by atoms with Crippen molar-refractivity contribution in [2.24, 2.45) is 0 Å². The summed E-state index contributed by atoms with van der Waals surface area (Å²) in [6, 6.07) is 10.5. The Morgan fingerprint density at radius 1 is 1.12 bits per heavy atom. The number of benzene rings is 2. The molecule has 2 amide bonds. The van der Waals surface area contributed by atoms with Gasteiger partial charge in [0.25, 0.3) is 5.91 Å². The molecule has 4 nitrogen and oxygen atoms in total. The van der Waals surface area contributed by atoms with Gasteiger partial charge >= 0.3 is 0 Å². The van der Waals surface area contributed by atoms with Gasteiger partial charge in [0.05, 0.1) is 5.02 Å². The third-order valence-electron chi connectivity index (χ3n) is 3.32. The lowest BCUT2D eigenvalue weighted by atomic mass is 10.2. The molecule has 0 aliphatic rings. The zero-order valence-electron chi connectivity index (χ0n) is 12.9. The van der Waals surface area contributed by atoms with Crippen molar-refractivity contribution in [2.75, 3.05) is 18.0 Å². The monoisotopic (exact) mass is 368 g/mol. The van der Waals surface area contributed by atoms with Crippen molar-refractivity contribution in [3.8, 4) is 0 Å². The lowest BCUT2D eigenvalue weighted by molar-refractivity contribution is -0.116. The van der Waals surface area contributed by atoms with Crippen LogP contribution in [0.15, 0.2) is 42.5 Å². The van der Waals surface area contributed by atoms with E-state index in [0.717, 1.165) is 0 Å². The lowest BCUT2D eigenvalue weighted by Gasteiger charge is -2.21. The Morgan fingerprint density at radius 3 is 2.38 bits per heavy atom. The third kappa shape index (κ3) is 4.69. The van der Waals surface area contributed by atoms with Gasteiger partial charge in [0.1, 0.15) is 5.82 Å². The van der Waals surface area contributed by atoms with Gasteiger partial charge in [0, 0.05) is 36.3 Å². The van der Waals surface area contributed by atoms with E-state index in [1.807, 2.05) is 0 Å². The van der Waals surface area contributed by atoms with Crippen LogP contribution < -0.4 is 10.2 Å². The number of hydrogen-bond acceptors (Lipinski definition) is 2. The Kier molecular flexibility index (Phi) is 6.17. The number of anilines is 1. The van der Waals surface area contributed by atoms with Crippen molar-refractivity contribution in [1.29, 1.82) is 0 Å². The molecule has 0 fully saturated rings. The van der Waals surface area contributed by atoms with Crippen LogP contribution in [0.25, 0.3) is 0 Å². The summed E-state index contributed by atoms with van der Waals surface area (Å²) in [7, 11) is 0. The highest BCUT2D eigenvalue weighted by Gasteiger charge is 2.14. The maximum atomic E-state index is 13.2. The number of halogens is 3. The van der Waals surface area contributed by atoms with Crippen LogP contribution >= 0.6 is 23.2 Å². The van der Waals surface area contributed by atoms with Crippen LogP contribution in [0.2, 0.25) is 10.0 Å². The van der Waals surface area contributed by atoms with Crippen LogP contribution in [0, 0.1) is 5.82 Å². The number of nitrogens with zero attached hydrogens (tertiary/aromatic N) is 1. The number of nitrogens with one attached hydrogen (secondary N) is 1. The second-order valence-electron chi connectivity index (χ2n) is 5.03. The fourth-order valence-electron chi connectivity index (χ4n) is 2.11. The van der Waals surface area contributed by atoms with Gasteiger partial charge in [0.15, 0.2) is 0 Å². The Bertz CT molecular complexity index is 751. The van der Waals surface area contributed by atoms with E-state index in [1.54, 1.807) is 24.3 Å². The molecule has 0 atom stereocenters. The minimum Gasteiger partial charge on any atom is -0.350 e. The molecule has 126 valence electrons. The van der Waals surface area contributed by atoms with E-state index >= 15 is 0 Å². The van der Waals surface area contributed by atoms with E-state index < -0.39 is 5.82 Å². The smallest absolute Gasteiger partial charge is 0.251 e. The molecule has 0 unspecified atom stereocenters. The van der Waals surface area contributed by atoms with E-state index in [4.69, 9.17) is 23.2 Å². The molecule has 0 saturated heterocycles. The van der Waals surface area contributed by atoms with Gasteiger partial charge in [-0.25, -0.2) is 4.39 Å². The summed E-state index contributed by atoms with van der Waals surface area (Å²) in [5, 5.41) is 3.19. The molecular formula is C17H15Cl2FN2O2. The molecular weight excluding hydrogens is 354 g/mol. The van der Waals surface area contributed by atoms with Gasteiger partial charge in [-0.2, -0.15) is 0 Å². The van der Waals surface area contributed by atoms with Crippen LogP contribution in [0.3, 0.4) is 0 Å². The van der Waals surface area contributed by atoms with Crippen LogP contribution in [-0.2, 0) is 4.79 Å². The summed E-state index contributed by atoms with van der Waals surface area (Å²) in [5.41, 5.74) is 0.938. The first-order chi connectivity index (χ1) is 11.4. The highest BCUT2D eigenvalue weighted by molar-refractivity contribution is 6.31. The molecule has 0 aromatic heterocycles. The average Bonchev–Trinajstić information content (AvgIpc) is 2.54. The maximum Gasteiger partial charge on any atom is 0.251 e. The fraction of sp³-hybridized carbons (Fsp3) is 0.176. The molecule has 0 aliphatic carbocycles. The molecule has 24 heavy (non-hydrogen) atoms. The molecule has 1 N–H and O–H groups in total. The predicted octanol–water partition coefficient (Wildman–Crippen LogP) is 3.92. The van der Waals surface area contributed by atoms with Gasteiger partial charge in [-0.1, -0.05) is 23.2 Å². The van der Waals surface area contributed by atoms with E-state index in [-0.39, 0.29) is 29.9 Å². The molecule has 0 saturated carbocycles. The summed E-state index contributed by atoms with van der Waals surface area (Å²) < 4.78 is 13.2. The topological polar surface area (TPSA) is 49.4 Å². The van der Waals surface area contributed by atoms with Crippen molar-refractivity contribution in [3.63, 3.8) is 0 Å². The quantitative estimate of drug-likeness (QED) is 0.869. The van der Waals surface area contributed by atoms with Crippen LogP contribution in [0.5, 0.6) is 0 Å². The SMILES string of the molecule is CC(=O)N(CCNC(=O)c1ccc(Cl)cc1)c1ccc(F)c(Cl)c1. The van der Waals surface area contributed by atoms with Crippen molar-refractivity contribution < 1.29 is 14.0 Å². The molecule has 0 radical (unpaired) electrons. The Labute approximate surface area is 149 Å². The standard InChI is InChI=1S/C17H15Cl2FN2O2/c1-11(23)22(14-6-7-16(20)15(19)10-14)9-8-21-17(24)12-2-4-13(18)5-3-12/h2-7,10H,8-9H2,1H3,(H,21,24). The summed E-state index contributed by atoms with van der Waals surface area (Å²) in [6.45, 7) is 1.85. The van der Waals surface area contributed by atoms with E-state index in [2.05, 4.69) is 5.32 Å². The largest absolute Gasteiger partial charge is 0.350 e. The van der Waals surface area contributed by atoms with Gasteiger partial charge in [-0.15, -0.1) is 0 Å². The van der Waals surface area contributed by atoms with Crippen LogP contribution in [-0.4, -0.2) is 24.9 Å². The lowest BCUT2D eigenvalue weighted by Crippen LogP contribution is -2.37. The van der Waals surface area contributed by atoms with Gasteiger partial charge < -0.3 is 10.2 Å². The van der Waals surface area contributed by atoms with Crippen molar-refractivity contribution >= 4 is 40.7 Å². The number of carbonyl (C=O) groups is 2. The van der Waals surface area contributed by atoms with Crippen molar-refractivity contribution in [1.82, 2.24) is 5.32 Å². The highest BCUT2D eigenvalue weighted by Crippen LogP contribution is 2.22. The summed E-state index contributed by atoms with van der Waals surface area (Å²) in [5.74, 6) is -1.06.